The van der Waals surface area contributed by atoms with Crippen LogP contribution in [-0.2, 0) is 23.8 Å². The number of nitrogens with one attached hydrogen (secondary N) is 1. The van der Waals surface area contributed by atoms with Gasteiger partial charge in [-0.3, -0.25) is 0 Å². The molecule has 204 valence electrons. The van der Waals surface area contributed by atoms with Crippen LogP contribution in [0.1, 0.15) is 107 Å². The third kappa shape index (κ3) is 18.7. The highest BCUT2D eigenvalue weighted by atomic mass is 16.6. The molecular formula is C26H48N2O7. The largest absolute Gasteiger partial charge is 0.458 e. The minimum absolute atomic E-state index is 0.343. The van der Waals surface area contributed by atoms with Crippen LogP contribution in [0.2, 0.25) is 0 Å². The molecule has 0 bridgehead atoms. The first kappa shape index (κ1) is 32.7. The Hall–Kier alpha value is -2.32. The predicted octanol–water partition coefficient (Wildman–Crippen LogP) is 5.39. The topological polar surface area (TPSA) is 111 Å². The van der Waals surface area contributed by atoms with E-state index >= 15 is 0 Å². The van der Waals surface area contributed by atoms with E-state index in [4.69, 9.17) is 14.2 Å². The van der Waals surface area contributed by atoms with Crippen molar-refractivity contribution in [3.05, 3.63) is 0 Å². The molecule has 0 aliphatic rings. The lowest BCUT2D eigenvalue weighted by Gasteiger charge is -2.28. The van der Waals surface area contributed by atoms with Crippen LogP contribution >= 0.6 is 0 Å². The fourth-order valence-corrected chi connectivity index (χ4v) is 3.05. The average Bonchev–Trinajstić information content (AvgIpc) is 2.64. The highest BCUT2D eigenvalue weighted by Crippen LogP contribution is 2.15. The Morgan fingerprint density at radius 1 is 0.743 bits per heavy atom. The van der Waals surface area contributed by atoms with Gasteiger partial charge in [-0.1, -0.05) is 6.42 Å². The molecule has 0 saturated carbocycles. The molecule has 0 saturated heterocycles. The molecular weight excluding hydrogens is 452 g/mol. The van der Waals surface area contributed by atoms with Crippen LogP contribution in [0.3, 0.4) is 0 Å². The van der Waals surface area contributed by atoms with Crippen molar-refractivity contribution in [3.8, 4) is 0 Å². The van der Waals surface area contributed by atoms with Crippen LogP contribution in [0, 0.1) is 0 Å². The van der Waals surface area contributed by atoms with Gasteiger partial charge in [-0.25, -0.2) is 14.4 Å². The van der Waals surface area contributed by atoms with Gasteiger partial charge in [0.05, 0.1) is 0 Å². The molecule has 9 heteroatoms. The lowest BCUT2D eigenvalue weighted by Crippen LogP contribution is -2.46. The number of nitrogens with zero attached hydrogens (tertiary/aromatic N) is 1. The lowest BCUT2D eigenvalue weighted by atomic mass is 10.1. The van der Waals surface area contributed by atoms with Gasteiger partial charge in [0.15, 0.2) is 0 Å². The Labute approximate surface area is 211 Å². The van der Waals surface area contributed by atoms with Gasteiger partial charge < -0.3 is 29.2 Å². The van der Waals surface area contributed by atoms with Gasteiger partial charge in [-0.2, -0.15) is 0 Å². The maximum absolute atomic E-state index is 12.7. The number of alkyl carbamates (subject to hydrolysis) is 1. The minimum Gasteiger partial charge on any atom is -0.458 e. The first-order valence-electron chi connectivity index (χ1n) is 12.6. The molecule has 0 heterocycles. The van der Waals surface area contributed by atoms with E-state index in [-0.39, 0.29) is 6.09 Å². The Balaban J connectivity index is 5.04. The Kier molecular flexibility index (Phi) is 13.9. The molecule has 9 nitrogen and oxygen atoms in total. The summed E-state index contributed by atoms with van der Waals surface area (Å²) in [7, 11) is 0. The van der Waals surface area contributed by atoms with Gasteiger partial charge in [-0.05, 0) is 94.4 Å². The standard InChI is InChI=1S/C26H48N2O7/c1-24(2,3)33-21(30)20(27-22(31)34-25(4,5)6)16-12-14-18-28(17-13-10-11-15-19-29)23(32)35-26(7,8)9/h19-20H,10-18H2,1-9H3,(H,27,31)/t20-/m0/s1. The summed E-state index contributed by atoms with van der Waals surface area (Å²) in [5, 5.41) is 2.62. The lowest BCUT2D eigenvalue weighted by molar-refractivity contribution is -0.157. The van der Waals surface area contributed by atoms with Crippen molar-refractivity contribution in [3.63, 3.8) is 0 Å². The molecule has 35 heavy (non-hydrogen) atoms. The number of ether oxygens (including phenoxy) is 3. The summed E-state index contributed by atoms with van der Waals surface area (Å²) in [4.78, 5) is 49.8. The quantitative estimate of drug-likeness (QED) is 0.156. The minimum atomic E-state index is -0.859. The monoisotopic (exact) mass is 500 g/mol. The first-order chi connectivity index (χ1) is 15.9. The number of hydrogen-bond acceptors (Lipinski definition) is 7. The number of hydrogen-bond donors (Lipinski definition) is 1. The maximum Gasteiger partial charge on any atom is 0.410 e. The van der Waals surface area contributed by atoms with E-state index in [0.717, 1.165) is 25.5 Å². The van der Waals surface area contributed by atoms with Crippen LogP contribution < -0.4 is 5.32 Å². The smallest absolute Gasteiger partial charge is 0.410 e. The summed E-state index contributed by atoms with van der Waals surface area (Å²) in [5.41, 5.74) is -1.99. The van der Waals surface area contributed by atoms with Crippen molar-refractivity contribution >= 4 is 24.4 Å². The predicted molar refractivity (Wildman–Crippen MR) is 135 cm³/mol. The van der Waals surface area contributed by atoms with E-state index in [1.807, 2.05) is 20.8 Å². The summed E-state index contributed by atoms with van der Waals surface area (Å²) in [5.74, 6) is -0.525. The molecule has 0 aromatic heterocycles. The van der Waals surface area contributed by atoms with Gasteiger partial charge in [0.25, 0.3) is 0 Å². The molecule has 0 aliphatic heterocycles. The summed E-state index contributed by atoms with van der Waals surface area (Å²) in [6.07, 6.45) is 4.29. The molecule has 2 amide bonds. The normalized spacial score (nSPS) is 12.9. The van der Waals surface area contributed by atoms with Gasteiger partial charge in [0.2, 0.25) is 0 Å². The molecule has 0 radical (unpaired) electrons. The molecule has 0 aromatic carbocycles. The van der Waals surface area contributed by atoms with Crippen LogP contribution in [-0.4, -0.2) is 65.3 Å². The average molecular weight is 501 g/mol. The summed E-state index contributed by atoms with van der Waals surface area (Å²) in [6.45, 7) is 17.0. The zero-order chi connectivity index (χ0) is 27.3. The summed E-state index contributed by atoms with van der Waals surface area (Å²) < 4.78 is 16.3. The maximum atomic E-state index is 12.7. The molecule has 1 atom stereocenters. The third-order valence-electron chi connectivity index (χ3n) is 4.45. The Morgan fingerprint density at radius 3 is 1.74 bits per heavy atom. The van der Waals surface area contributed by atoms with Gasteiger partial charge >= 0.3 is 18.2 Å². The highest BCUT2D eigenvalue weighted by molar-refractivity contribution is 5.81. The number of carbonyl (C=O) groups is 4. The van der Waals surface area contributed by atoms with Gasteiger partial charge in [0.1, 0.15) is 29.1 Å². The zero-order valence-corrected chi connectivity index (χ0v) is 23.3. The van der Waals surface area contributed by atoms with Crippen molar-refractivity contribution in [2.75, 3.05) is 13.1 Å². The van der Waals surface area contributed by atoms with Crippen LogP contribution in [0.5, 0.6) is 0 Å². The van der Waals surface area contributed by atoms with Crippen molar-refractivity contribution in [2.45, 2.75) is 130 Å². The number of rotatable bonds is 13. The fourth-order valence-electron chi connectivity index (χ4n) is 3.05. The molecule has 1 N–H and O–H groups in total. The SMILES string of the molecule is CC(C)(C)OC(=O)N[C@@H](CCCCN(CCCCCC=O)C(=O)OC(C)(C)C)C(=O)OC(C)(C)C. The number of carbonyl (C=O) groups excluding carboxylic acids is 4. The fraction of sp³-hybridized carbons (Fsp3) is 0.846. The molecule has 0 fully saturated rings. The van der Waals surface area contributed by atoms with Gasteiger partial charge in [0, 0.05) is 19.5 Å². The van der Waals surface area contributed by atoms with E-state index in [0.29, 0.717) is 38.8 Å². The van der Waals surface area contributed by atoms with Crippen molar-refractivity contribution < 1.29 is 33.4 Å². The van der Waals surface area contributed by atoms with E-state index < -0.39 is 34.9 Å². The van der Waals surface area contributed by atoms with E-state index in [1.54, 1.807) is 46.4 Å². The number of aldehydes is 1. The second kappa shape index (κ2) is 14.9. The Morgan fingerprint density at radius 2 is 1.26 bits per heavy atom. The van der Waals surface area contributed by atoms with E-state index in [2.05, 4.69) is 5.32 Å². The third-order valence-corrected chi connectivity index (χ3v) is 4.45. The highest BCUT2D eigenvalue weighted by Gasteiger charge is 2.29. The molecule has 0 aromatic rings. The van der Waals surface area contributed by atoms with E-state index in [9.17, 15) is 19.2 Å². The molecule has 0 unspecified atom stereocenters. The van der Waals surface area contributed by atoms with Crippen LogP contribution in [0.4, 0.5) is 9.59 Å². The van der Waals surface area contributed by atoms with Crippen LogP contribution in [0.25, 0.3) is 0 Å². The van der Waals surface area contributed by atoms with E-state index in [1.165, 1.54) is 0 Å². The second-order valence-electron chi connectivity index (χ2n) is 11.7. The van der Waals surface area contributed by atoms with Crippen molar-refractivity contribution in [1.29, 1.82) is 0 Å². The second-order valence-corrected chi connectivity index (χ2v) is 11.7. The summed E-state index contributed by atoms with van der Waals surface area (Å²) >= 11 is 0. The van der Waals surface area contributed by atoms with Crippen molar-refractivity contribution in [1.82, 2.24) is 10.2 Å². The Bertz CT molecular complexity index is 673. The number of unbranched alkanes of at least 4 members (excludes halogenated alkanes) is 4. The van der Waals surface area contributed by atoms with Crippen LogP contribution in [0.15, 0.2) is 0 Å². The van der Waals surface area contributed by atoms with Gasteiger partial charge in [-0.15, -0.1) is 0 Å². The molecule has 0 rings (SSSR count). The number of esters is 1. The first-order valence-corrected chi connectivity index (χ1v) is 12.6. The molecule has 0 spiro atoms. The summed E-state index contributed by atoms with van der Waals surface area (Å²) in [6, 6.07) is -0.859. The van der Waals surface area contributed by atoms with Crippen molar-refractivity contribution in [2.24, 2.45) is 0 Å². The zero-order valence-electron chi connectivity index (χ0n) is 23.3. The number of amides is 2. The molecule has 0 aliphatic carbocycles.